The summed E-state index contributed by atoms with van der Waals surface area (Å²) in [5, 5.41) is 0. The van der Waals surface area contributed by atoms with Gasteiger partial charge in [0.2, 0.25) is 0 Å². The minimum Gasteiger partial charge on any atom is -0.0853 e. The molecule has 0 saturated carbocycles. The molecule has 1 unspecified atom stereocenters. The Bertz CT molecular complexity index is 101. The van der Waals surface area contributed by atoms with Crippen LogP contribution in [0.3, 0.4) is 0 Å². The average Bonchev–Trinajstić information content (AvgIpc) is 2.14. The normalized spacial score (nSPS) is 28.2. The van der Waals surface area contributed by atoms with Crippen LogP contribution >= 0.6 is 0 Å². The maximum Gasteiger partial charge on any atom is -0.0206 e. The summed E-state index contributed by atoms with van der Waals surface area (Å²) in [5.41, 5.74) is 1.62. The van der Waals surface area contributed by atoms with Gasteiger partial charge in [0.05, 0.1) is 0 Å². The molecule has 0 heteroatoms. The summed E-state index contributed by atoms with van der Waals surface area (Å²) in [4.78, 5) is 0. The third-order valence-electron chi connectivity index (χ3n) is 2.12. The molecule has 0 aliphatic heterocycles. The highest BCUT2D eigenvalue weighted by Gasteiger charge is 2.11. The molecule has 1 rings (SSSR count). The lowest BCUT2D eigenvalue weighted by Crippen LogP contribution is -1.92. The predicted molar refractivity (Wildman–Crippen MR) is 36.8 cm³/mol. The predicted octanol–water partition coefficient (Wildman–Crippen LogP) is 2.75. The van der Waals surface area contributed by atoms with Crippen molar-refractivity contribution in [2.45, 2.75) is 33.1 Å². The highest BCUT2D eigenvalue weighted by atomic mass is 14.2. The first-order valence-corrected chi connectivity index (χ1v) is 3.51. The molecule has 0 aromatic carbocycles. The van der Waals surface area contributed by atoms with Crippen molar-refractivity contribution in [2.24, 2.45) is 5.92 Å². The molecule has 0 aromatic heterocycles. The lowest BCUT2D eigenvalue weighted by atomic mass is 10.0. The Morgan fingerprint density at radius 3 is 2.75 bits per heavy atom. The average molecular weight is 110 g/mol. The van der Waals surface area contributed by atoms with E-state index in [1.165, 1.54) is 19.3 Å². The van der Waals surface area contributed by atoms with Crippen molar-refractivity contribution in [2.75, 3.05) is 0 Å². The fourth-order valence-corrected chi connectivity index (χ4v) is 1.43. The fourth-order valence-electron chi connectivity index (χ4n) is 1.43. The van der Waals surface area contributed by atoms with Gasteiger partial charge in [-0.15, -0.1) is 0 Å². The molecule has 8 heavy (non-hydrogen) atoms. The van der Waals surface area contributed by atoms with Crippen LogP contribution in [0, 0.1) is 5.92 Å². The van der Waals surface area contributed by atoms with E-state index in [1.54, 1.807) is 5.57 Å². The second kappa shape index (κ2) is 2.34. The lowest BCUT2D eigenvalue weighted by Gasteiger charge is -2.05. The van der Waals surface area contributed by atoms with E-state index >= 15 is 0 Å². The smallest absolute Gasteiger partial charge is 0.0206 e. The third-order valence-corrected chi connectivity index (χ3v) is 2.12. The molecule has 0 fully saturated rings. The summed E-state index contributed by atoms with van der Waals surface area (Å²) in [6.07, 6.45) is 6.43. The quantitative estimate of drug-likeness (QED) is 0.455. The van der Waals surface area contributed by atoms with Crippen LogP contribution < -0.4 is 0 Å². The molecular formula is C8H14. The minimum atomic E-state index is 0.926. The second-order valence-electron chi connectivity index (χ2n) is 2.63. The molecule has 0 nitrogen and oxygen atoms in total. The molecule has 0 bridgehead atoms. The van der Waals surface area contributed by atoms with E-state index in [-0.39, 0.29) is 0 Å². The maximum absolute atomic E-state index is 2.37. The summed E-state index contributed by atoms with van der Waals surface area (Å²) in [6.45, 7) is 4.52. The van der Waals surface area contributed by atoms with Crippen LogP contribution in [0.4, 0.5) is 0 Å². The zero-order valence-electron chi connectivity index (χ0n) is 5.78. The Morgan fingerprint density at radius 2 is 2.50 bits per heavy atom. The van der Waals surface area contributed by atoms with Crippen LogP contribution in [0.25, 0.3) is 0 Å². The molecule has 0 heterocycles. The van der Waals surface area contributed by atoms with Crippen molar-refractivity contribution in [3.63, 3.8) is 0 Å². The van der Waals surface area contributed by atoms with E-state index < -0.39 is 0 Å². The van der Waals surface area contributed by atoms with Crippen LogP contribution in [0.1, 0.15) is 33.1 Å². The van der Waals surface area contributed by atoms with E-state index in [1.807, 2.05) is 0 Å². The molecule has 46 valence electrons. The lowest BCUT2D eigenvalue weighted by molar-refractivity contribution is 0.585. The summed E-state index contributed by atoms with van der Waals surface area (Å²) < 4.78 is 0. The van der Waals surface area contributed by atoms with Crippen molar-refractivity contribution >= 4 is 0 Å². The fraction of sp³-hybridized carbons (Fsp3) is 0.750. The monoisotopic (exact) mass is 110 g/mol. The maximum atomic E-state index is 2.37. The molecule has 0 aromatic rings. The van der Waals surface area contributed by atoms with Crippen molar-refractivity contribution in [1.29, 1.82) is 0 Å². The van der Waals surface area contributed by atoms with Gasteiger partial charge in [0, 0.05) is 0 Å². The van der Waals surface area contributed by atoms with Gasteiger partial charge in [-0.3, -0.25) is 0 Å². The summed E-state index contributed by atoms with van der Waals surface area (Å²) >= 11 is 0. The molecule has 0 saturated heterocycles. The first-order chi connectivity index (χ1) is 3.84. The van der Waals surface area contributed by atoms with Gasteiger partial charge in [-0.1, -0.05) is 18.6 Å². The number of hydrogen-bond donors (Lipinski definition) is 0. The highest BCUT2D eigenvalue weighted by molar-refractivity contribution is 5.08. The van der Waals surface area contributed by atoms with Crippen LogP contribution in [0.5, 0.6) is 0 Å². The van der Waals surface area contributed by atoms with Gasteiger partial charge in [0.15, 0.2) is 0 Å². The van der Waals surface area contributed by atoms with Gasteiger partial charge in [0.25, 0.3) is 0 Å². The standard InChI is InChI=1S/C8H14/c1-3-8-6-4-5-7(8)2/h5,8H,3-4,6H2,1-2H3. The van der Waals surface area contributed by atoms with E-state index in [2.05, 4.69) is 19.9 Å². The van der Waals surface area contributed by atoms with Crippen molar-refractivity contribution in [3.05, 3.63) is 11.6 Å². The molecule has 1 aliphatic carbocycles. The summed E-state index contributed by atoms with van der Waals surface area (Å²) in [5.74, 6) is 0.926. The zero-order valence-corrected chi connectivity index (χ0v) is 5.78. The van der Waals surface area contributed by atoms with Crippen LogP contribution in [0.2, 0.25) is 0 Å². The Morgan fingerprint density at radius 1 is 1.75 bits per heavy atom. The van der Waals surface area contributed by atoms with E-state index in [4.69, 9.17) is 0 Å². The molecular weight excluding hydrogens is 96.1 g/mol. The van der Waals surface area contributed by atoms with Gasteiger partial charge in [-0.2, -0.15) is 0 Å². The van der Waals surface area contributed by atoms with Gasteiger partial charge in [-0.05, 0) is 32.1 Å². The largest absolute Gasteiger partial charge is 0.0853 e. The SMILES string of the molecule is CCC1CCC=C1C. The van der Waals surface area contributed by atoms with Crippen molar-refractivity contribution in [3.8, 4) is 0 Å². The molecule has 1 aliphatic rings. The van der Waals surface area contributed by atoms with Crippen molar-refractivity contribution in [1.82, 2.24) is 0 Å². The molecule has 0 radical (unpaired) electrons. The van der Waals surface area contributed by atoms with Gasteiger partial charge >= 0.3 is 0 Å². The summed E-state index contributed by atoms with van der Waals surface area (Å²) in [7, 11) is 0. The third kappa shape index (κ3) is 0.936. The Balaban J connectivity index is 2.46. The zero-order chi connectivity index (χ0) is 5.98. The second-order valence-corrected chi connectivity index (χ2v) is 2.63. The van der Waals surface area contributed by atoms with Crippen LogP contribution in [-0.2, 0) is 0 Å². The first kappa shape index (κ1) is 5.87. The first-order valence-electron chi connectivity index (χ1n) is 3.51. The molecule has 0 N–H and O–H groups in total. The number of rotatable bonds is 1. The number of hydrogen-bond acceptors (Lipinski definition) is 0. The van der Waals surface area contributed by atoms with Crippen LogP contribution in [-0.4, -0.2) is 0 Å². The Labute approximate surface area is 51.6 Å². The Hall–Kier alpha value is -0.260. The summed E-state index contributed by atoms with van der Waals surface area (Å²) in [6, 6.07) is 0. The van der Waals surface area contributed by atoms with Crippen LogP contribution in [0.15, 0.2) is 11.6 Å². The van der Waals surface area contributed by atoms with Gasteiger partial charge in [-0.25, -0.2) is 0 Å². The van der Waals surface area contributed by atoms with E-state index in [0.29, 0.717) is 0 Å². The van der Waals surface area contributed by atoms with E-state index in [0.717, 1.165) is 5.92 Å². The topological polar surface area (TPSA) is 0 Å². The molecule has 0 spiro atoms. The van der Waals surface area contributed by atoms with E-state index in [9.17, 15) is 0 Å². The number of allylic oxidation sites excluding steroid dienone is 2. The van der Waals surface area contributed by atoms with Gasteiger partial charge in [0.1, 0.15) is 0 Å². The highest BCUT2D eigenvalue weighted by Crippen LogP contribution is 2.27. The minimum absolute atomic E-state index is 0.926. The van der Waals surface area contributed by atoms with Gasteiger partial charge < -0.3 is 0 Å². The van der Waals surface area contributed by atoms with Crippen molar-refractivity contribution < 1.29 is 0 Å². The molecule has 1 atom stereocenters. The Kier molecular flexibility index (Phi) is 1.72. The molecule has 0 amide bonds.